The number of methoxy groups -OCH3 is 1. The van der Waals surface area contributed by atoms with Crippen molar-refractivity contribution < 1.29 is 14.6 Å². The van der Waals surface area contributed by atoms with E-state index in [1.54, 1.807) is 6.07 Å². The van der Waals surface area contributed by atoms with E-state index in [0.29, 0.717) is 29.3 Å². The number of nitrogens with one attached hydrogen (secondary N) is 1. The molecule has 1 aromatic carbocycles. The number of fused-ring (bicyclic) bond motifs is 1. The van der Waals surface area contributed by atoms with E-state index in [2.05, 4.69) is 42.9 Å². The minimum atomic E-state index is -1.14. The lowest BCUT2D eigenvalue weighted by atomic mass is 9.89. The summed E-state index contributed by atoms with van der Waals surface area (Å²) < 4.78 is 7.71. The third-order valence-electron chi connectivity index (χ3n) is 7.51. The molecule has 2 aliphatic rings. The van der Waals surface area contributed by atoms with E-state index in [1.165, 1.54) is 26.3 Å². The van der Waals surface area contributed by atoms with Crippen LogP contribution in [0.4, 0.5) is 16.3 Å². The fourth-order valence-corrected chi connectivity index (χ4v) is 5.57. The van der Waals surface area contributed by atoms with Gasteiger partial charge in [-0.2, -0.15) is 0 Å². The van der Waals surface area contributed by atoms with Crippen LogP contribution < -0.4 is 15.8 Å². The number of anilines is 2. The summed E-state index contributed by atoms with van der Waals surface area (Å²) in [5.41, 5.74) is 9.35. The third kappa shape index (κ3) is 4.63. The summed E-state index contributed by atoms with van der Waals surface area (Å²) in [6.07, 6.45) is 7.03. The molecule has 0 bridgehead atoms. The molecule has 0 atom stereocenters. The monoisotopic (exact) mass is 479 g/mol. The van der Waals surface area contributed by atoms with Crippen molar-refractivity contribution in [2.24, 2.45) is 0 Å². The summed E-state index contributed by atoms with van der Waals surface area (Å²) in [5, 5.41) is 12.3. The number of carboxylic acid groups (broad SMARTS) is 1. The summed E-state index contributed by atoms with van der Waals surface area (Å²) in [7, 11) is 3.72. The van der Waals surface area contributed by atoms with Crippen molar-refractivity contribution in [3.8, 4) is 16.9 Å². The van der Waals surface area contributed by atoms with Gasteiger partial charge in [0.2, 0.25) is 0 Å². The topological polar surface area (TPSA) is 122 Å². The summed E-state index contributed by atoms with van der Waals surface area (Å²) >= 11 is 0. The lowest BCUT2D eigenvalue weighted by Crippen LogP contribution is -2.49. The van der Waals surface area contributed by atoms with Gasteiger partial charge in [0.1, 0.15) is 23.5 Å². The maximum absolute atomic E-state index is 11.1. The first-order valence-electron chi connectivity index (χ1n) is 12.2. The molecular weight excluding hydrogens is 446 g/mol. The van der Waals surface area contributed by atoms with Crippen LogP contribution in [0.25, 0.3) is 22.2 Å². The average molecular weight is 480 g/mol. The van der Waals surface area contributed by atoms with Crippen LogP contribution in [0, 0.1) is 0 Å². The molecule has 4 N–H and O–H groups in total. The van der Waals surface area contributed by atoms with Crippen LogP contribution >= 0.6 is 0 Å². The van der Waals surface area contributed by atoms with Crippen molar-refractivity contribution in [1.29, 1.82) is 0 Å². The molecule has 2 fully saturated rings. The molecule has 0 radical (unpaired) electrons. The average Bonchev–Trinajstić information content (AvgIpc) is 3.26. The number of carbonyl (C=O) groups is 1. The lowest BCUT2D eigenvalue weighted by Gasteiger charge is -2.41. The second kappa shape index (κ2) is 9.71. The molecule has 1 saturated heterocycles. The van der Waals surface area contributed by atoms with Crippen LogP contribution in [-0.2, 0) is 0 Å². The van der Waals surface area contributed by atoms with Gasteiger partial charge in [-0.25, -0.2) is 14.8 Å². The van der Waals surface area contributed by atoms with E-state index in [1.807, 2.05) is 12.1 Å². The van der Waals surface area contributed by atoms with Gasteiger partial charge < -0.3 is 25.0 Å². The zero-order valence-electron chi connectivity index (χ0n) is 20.3. The van der Waals surface area contributed by atoms with E-state index in [0.717, 1.165) is 61.2 Å². The highest BCUT2D eigenvalue weighted by Gasteiger charge is 2.30. The van der Waals surface area contributed by atoms with Crippen LogP contribution in [0.2, 0.25) is 0 Å². The molecule has 1 aliphatic carbocycles. The highest BCUT2D eigenvalue weighted by atomic mass is 16.5. The third-order valence-corrected chi connectivity index (χ3v) is 7.51. The SMILES string of the molecule is COc1cc(-c2cn(C3CCC(N4CCN(C)CC4)CC3)c3ncnc(N)c23)ccc1NC(=O)O. The number of nitrogens with zero attached hydrogens (tertiary/aromatic N) is 5. The normalized spacial score (nSPS) is 21.8. The lowest BCUT2D eigenvalue weighted by molar-refractivity contribution is 0.0828. The number of amides is 1. The van der Waals surface area contributed by atoms with Crippen molar-refractivity contribution in [2.45, 2.75) is 37.8 Å². The van der Waals surface area contributed by atoms with Crippen molar-refractivity contribution >= 4 is 28.6 Å². The Hall–Kier alpha value is -3.37. The summed E-state index contributed by atoms with van der Waals surface area (Å²) in [6, 6.07) is 6.39. The molecule has 1 aliphatic heterocycles. The standard InChI is InChI=1S/C25H33N7O3/c1-30-9-11-31(12-10-30)17-4-6-18(7-5-17)32-14-19(22-23(26)27-15-28-24(22)32)16-3-8-20(29-25(33)34)21(13-16)35-2/h3,8,13-15,17-18,29H,4-7,9-12H2,1-2H3,(H,33,34)(H2,26,27,28). The Morgan fingerprint density at radius 2 is 1.83 bits per heavy atom. The maximum Gasteiger partial charge on any atom is 0.409 e. The first-order valence-corrected chi connectivity index (χ1v) is 12.2. The number of nitrogen functional groups attached to an aromatic ring is 1. The van der Waals surface area contributed by atoms with Crippen LogP contribution in [-0.4, -0.2) is 81.9 Å². The summed E-state index contributed by atoms with van der Waals surface area (Å²) in [6.45, 7) is 4.60. The molecule has 0 spiro atoms. The minimum absolute atomic E-state index is 0.346. The number of nitrogens with two attached hydrogens (primary N) is 1. The minimum Gasteiger partial charge on any atom is -0.495 e. The molecular formula is C25H33N7O3. The number of likely N-dealkylation sites (N-methyl/N-ethyl adjacent to an activating group) is 1. The van der Waals surface area contributed by atoms with Crippen LogP contribution in [0.5, 0.6) is 5.75 Å². The van der Waals surface area contributed by atoms with Gasteiger partial charge in [0.25, 0.3) is 0 Å². The molecule has 2 aromatic heterocycles. The Morgan fingerprint density at radius 1 is 1.11 bits per heavy atom. The Kier molecular flexibility index (Phi) is 6.48. The second-order valence-corrected chi connectivity index (χ2v) is 9.55. The predicted molar refractivity (Wildman–Crippen MR) is 136 cm³/mol. The number of piperazine rings is 1. The summed E-state index contributed by atoms with van der Waals surface area (Å²) in [5.74, 6) is 0.871. The van der Waals surface area contributed by atoms with Crippen molar-refractivity contribution in [1.82, 2.24) is 24.3 Å². The second-order valence-electron chi connectivity index (χ2n) is 9.55. The zero-order chi connectivity index (χ0) is 24.5. The van der Waals surface area contributed by atoms with Gasteiger partial charge in [0, 0.05) is 50.0 Å². The molecule has 10 nitrogen and oxygen atoms in total. The van der Waals surface area contributed by atoms with E-state index in [-0.39, 0.29) is 0 Å². The van der Waals surface area contributed by atoms with E-state index >= 15 is 0 Å². The number of hydrogen-bond donors (Lipinski definition) is 3. The van der Waals surface area contributed by atoms with Crippen LogP contribution in [0.1, 0.15) is 31.7 Å². The fourth-order valence-electron chi connectivity index (χ4n) is 5.57. The number of hydrogen-bond acceptors (Lipinski definition) is 7. The van der Waals surface area contributed by atoms with E-state index in [9.17, 15) is 4.79 Å². The van der Waals surface area contributed by atoms with Gasteiger partial charge in [0.15, 0.2) is 0 Å². The number of rotatable bonds is 5. The Bertz CT molecular complexity index is 1210. The fraction of sp³-hybridized carbons (Fsp3) is 0.480. The number of ether oxygens (including phenoxy) is 1. The Labute approximate surface area is 204 Å². The molecule has 0 unspecified atom stereocenters. The molecule has 35 heavy (non-hydrogen) atoms. The smallest absolute Gasteiger partial charge is 0.409 e. The molecule has 186 valence electrons. The zero-order valence-corrected chi connectivity index (χ0v) is 20.3. The molecule has 1 saturated carbocycles. The van der Waals surface area contributed by atoms with E-state index < -0.39 is 6.09 Å². The van der Waals surface area contributed by atoms with Crippen LogP contribution in [0.3, 0.4) is 0 Å². The van der Waals surface area contributed by atoms with Gasteiger partial charge in [-0.3, -0.25) is 10.2 Å². The van der Waals surface area contributed by atoms with Gasteiger partial charge in [0.05, 0.1) is 18.2 Å². The number of aromatic nitrogens is 3. The quantitative estimate of drug-likeness (QED) is 0.508. The summed E-state index contributed by atoms with van der Waals surface area (Å²) in [4.78, 5) is 25.0. The first-order chi connectivity index (χ1) is 16.9. The molecule has 3 heterocycles. The van der Waals surface area contributed by atoms with Gasteiger partial charge in [-0.05, 0) is 50.4 Å². The molecule has 5 rings (SSSR count). The van der Waals surface area contributed by atoms with Gasteiger partial charge >= 0.3 is 6.09 Å². The Balaban J connectivity index is 1.44. The highest BCUT2D eigenvalue weighted by molar-refractivity contribution is 6.01. The van der Waals surface area contributed by atoms with E-state index in [4.69, 9.17) is 15.6 Å². The van der Waals surface area contributed by atoms with Crippen molar-refractivity contribution in [3.05, 3.63) is 30.7 Å². The van der Waals surface area contributed by atoms with Gasteiger partial charge in [-0.1, -0.05) is 6.07 Å². The predicted octanol–water partition coefficient (Wildman–Crippen LogP) is 3.51. The number of benzene rings is 1. The van der Waals surface area contributed by atoms with Crippen LogP contribution in [0.15, 0.2) is 30.7 Å². The van der Waals surface area contributed by atoms with Crippen molar-refractivity contribution in [3.63, 3.8) is 0 Å². The Morgan fingerprint density at radius 3 is 2.51 bits per heavy atom. The largest absolute Gasteiger partial charge is 0.495 e. The molecule has 10 heteroatoms. The first kappa shape index (κ1) is 23.4. The maximum atomic E-state index is 11.1. The highest BCUT2D eigenvalue weighted by Crippen LogP contribution is 2.40. The van der Waals surface area contributed by atoms with Crippen molar-refractivity contribution in [2.75, 3.05) is 51.4 Å². The molecule has 3 aromatic rings. The van der Waals surface area contributed by atoms with Gasteiger partial charge in [-0.15, -0.1) is 0 Å². The molecule has 1 amide bonds.